The summed E-state index contributed by atoms with van der Waals surface area (Å²) in [6, 6.07) is 12.2. The molecule has 0 fully saturated rings. The third kappa shape index (κ3) is 4.20. The molecule has 0 N–H and O–H groups in total. The quantitative estimate of drug-likeness (QED) is 0.352. The van der Waals surface area contributed by atoms with Crippen LogP contribution in [-0.2, 0) is 26.5 Å². The first-order valence-electron chi connectivity index (χ1n) is 10.3. The van der Waals surface area contributed by atoms with Crippen LogP contribution in [0.15, 0.2) is 36.7 Å². The van der Waals surface area contributed by atoms with Gasteiger partial charge >= 0.3 is 0 Å². The van der Waals surface area contributed by atoms with Gasteiger partial charge < -0.3 is 9.30 Å². The van der Waals surface area contributed by atoms with E-state index < -0.39 is 0 Å². The van der Waals surface area contributed by atoms with Gasteiger partial charge in [0.2, 0.25) is 0 Å². The first-order valence-corrected chi connectivity index (χ1v) is 10.3. The first-order chi connectivity index (χ1) is 13.5. The fraction of sp³-hybridized carbons (Fsp3) is 0.400. The van der Waals surface area contributed by atoms with Gasteiger partial charge in [-0.2, -0.15) is 0 Å². The van der Waals surface area contributed by atoms with Gasteiger partial charge in [-0.25, -0.2) is 0 Å². The van der Waals surface area contributed by atoms with Crippen LogP contribution in [0, 0.1) is 13.0 Å². The summed E-state index contributed by atoms with van der Waals surface area (Å²) in [5.41, 5.74) is 7.60. The van der Waals surface area contributed by atoms with Crippen LogP contribution in [0.3, 0.4) is 0 Å². The zero-order valence-corrected chi connectivity index (χ0v) is 20.3. The molecule has 3 aromatic rings. The molecule has 4 rings (SSSR count). The Kier molecular flexibility index (Phi) is 6.65. The maximum Gasteiger partial charge on any atom is 0.0758 e. The second kappa shape index (κ2) is 8.85. The van der Waals surface area contributed by atoms with Crippen molar-refractivity contribution in [2.45, 2.75) is 59.3 Å². The number of nitrogens with zero attached hydrogens (tertiary/aromatic N) is 2. The molecule has 0 bridgehead atoms. The Morgan fingerprint density at radius 2 is 1.76 bits per heavy atom. The van der Waals surface area contributed by atoms with Gasteiger partial charge in [-0.15, -0.1) is 23.8 Å². The molecule has 2 aromatic carbocycles. The molecule has 0 saturated carbocycles. The first kappa shape index (κ1) is 21.8. The number of aromatic nitrogens is 2. The molecular weight excluding hydrogens is 537 g/mol. The summed E-state index contributed by atoms with van der Waals surface area (Å²) < 4.78 is 8.02. The SMILES string of the molecule is Cc1cc(C(C)C)c(-n2ccnc2-c2[c-]cc3c(c2)CCCO3)c(C(C)C)c1.[Ir]. The average Bonchev–Trinajstić information content (AvgIpc) is 3.16. The summed E-state index contributed by atoms with van der Waals surface area (Å²) in [5, 5.41) is 0. The predicted octanol–water partition coefficient (Wildman–Crippen LogP) is 6.22. The number of imidazole rings is 1. The minimum Gasteiger partial charge on any atom is -0.537 e. The Bertz CT molecular complexity index is 975. The van der Waals surface area contributed by atoms with E-state index in [9.17, 15) is 0 Å². The number of hydrogen-bond acceptors (Lipinski definition) is 2. The van der Waals surface area contributed by atoms with E-state index in [4.69, 9.17) is 9.72 Å². The molecule has 4 heteroatoms. The number of aryl methyl sites for hydroxylation is 2. The van der Waals surface area contributed by atoms with Crippen molar-refractivity contribution >= 4 is 0 Å². The second-order valence-electron chi connectivity index (χ2n) is 8.41. The molecule has 29 heavy (non-hydrogen) atoms. The number of rotatable bonds is 4. The van der Waals surface area contributed by atoms with Gasteiger partial charge in [0.25, 0.3) is 0 Å². The van der Waals surface area contributed by atoms with Crippen LogP contribution in [0.5, 0.6) is 5.75 Å². The summed E-state index contributed by atoms with van der Waals surface area (Å²) in [6.45, 7) is 12.0. The Labute approximate surface area is 187 Å². The minimum atomic E-state index is 0. The largest absolute Gasteiger partial charge is 0.537 e. The predicted molar refractivity (Wildman–Crippen MR) is 115 cm³/mol. The van der Waals surface area contributed by atoms with Crippen molar-refractivity contribution in [3.05, 3.63) is 65.0 Å². The van der Waals surface area contributed by atoms with E-state index in [1.165, 1.54) is 27.9 Å². The molecular formula is C25H29IrN2O-. The number of ether oxygens (including phenoxy) is 1. The maximum atomic E-state index is 5.77. The van der Waals surface area contributed by atoms with Crippen molar-refractivity contribution in [1.82, 2.24) is 9.55 Å². The van der Waals surface area contributed by atoms with Gasteiger partial charge in [0.05, 0.1) is 12.4 Å². The summed E-state index contributed by atoms with van der Waals surface area (Å²) in [6.07, 6.45) is 6.10. The third-order valence-corrected chi connectivity index (χ3v) is 5.52. The smallest absolute Gasteiger partial charge is 0.0758 e. The van der Waals surface area contributed by atoms with E-state index in [-0.39, 0.29) is 20.1 Å². The third-order valence-electron chi connectivity index (χ3n) is 5.52. The molecule has 3 nitrogen and oxygen atoms in total. The summed E-state index contributed by atoms with van der Waals surface area (Å²) in [4.78, 5) is 4.73. The van der Waals surface area contributed by atoms with Crippen molar-refractivity contribution in [3.8, 4) is 22.8 Å². The Morgan fingerprint density at radius 3 is 2.41 bits per heavy atom. The fourth-order valence-electron chi connectivity index (χ4n) is 4.10. The minimum absolute atomic E-state index is 0. The van der Waals surface area contributed by atoms with E-state index in [0.29, 0.717) is 11.8 Å². The molecule has 0 atom stereocenters. The van der Waals surface area contributed by atoms with Gasteiger partial charge in [-0.3, -0.25) is 4.98 Å². The van der Waals surface area contributed by atoms with Gasteiger partial charge in [0, 0.05) is 43.9 Å². The number of hydrogen-bond donors (Lipinski definition) is 0. The van der Waals surface area contributed by atoms with Gasteiger partial charge in [0.15, 0.2) is 0 Å². The Hall–Kier alpha value is -1.90. The van der Waals surface area contributed by atoms with Crippen LogP contribution in [0.1, 0.15) is 68.2 Å². The normalized spacial score (nSPS) is 13.2. The summed E-state index contributed by atoms with van der Waals surface area (Å²) >= 11 is 0. The summed E-state index contributed by atoms with van der Waals surface area (Å²) in [7, 11) is 0. The number of fused-ring (bicyclic) bond motifs is 1. The fourth-order valence-corrected chi connectivity index (χ4v) is 4.10. The molecule has 0 amide bonds. The van der Waals surface area contributed by atoms with Crippen LogP contribution < -0.4 is 4.74 Å². The Balaban J connectivity index is 0.00000240. The zero-order valence-electron chi connectivity index (χ0n) is 17.9. The second-order valence-corrected chi connectivity index (χ2v) is 8.41. The van der Waals surface area contributed by atoms with Crippen LogP contribution in [0.2, 0.25) is 0 Å². The Morgan fingerprint density at radius 1 is 1.07 bits per heavy atom. The molecule has 1 radical (unpaired) electrons. The molecule has 0 aliphatic carbocycles. The zero-order chi connectivity index (χ0) is 19.8. The van der Waals surface area contributed by atoms with E-state index >= 15 is 0 Å². The van der Waals surface area contributed by atoms with Crippen molar-refractivity contribution in [3.63, 3.8) is 0 Å². The average molecular weight is 566 g/mol. The topological polar surface area (TPSA) is 27.1 Å². The van der Waals surface area contributed by atoms with E-state index in [1.54, 1.807) is 0 Å². The van der Waals surface area contributed by atoms with Crippen LogP contribution in [-0.4, -0.2) is 16.2 Å². The molecule has 0 saturated heterocycles. The van der Waals surface area contributed by atoms with E-state index in [0.717, 1.165) is 36.6 Å². The molecule has 0 unspecified atom stereocenters. The molecule has 2 heterocycles. The molecule has 155 valence electrons. The monoisotopic (exact) mass is 566 g/mol. The van der Waals surface area contributed by atoms with Gasteiger partial charge in [0.1, 0.15) is 0 Å². The molecule has 1 aliphatic heterocycles. The van der Waals surface area contributed by atoms with Crippen LogP contribution in [0.4, 0.5) is 0 Å². The molecule has 1 aromatic heterocycles. The van der Waals surface area contributed by atoms with Crippen molar-refractivity contribution in [2.24, 2.45) is 0 Å². The molecule has 1 aliphatic rings. The van der Waals surface area contributed by atoms with Crippen molar-refractivity contribution < 1.29 is 24.8 Å². The van der Waals surface area contributed by atoms with Crippen LogP contribution in [0.25, 0.3) is 17.1 Å². The molecule has 0 spiro atoms. The van der Waals surface area contributed by atoms with Crippen molar-refractivity contribution in [1.29, 1.82) is 0 Å². The summed E-state index contributed by atoms with van der Waals surface area (Å²) in [5.74, 6) is 2.78. The van der Waals surface area contributed by atoms with Crippen LogP contribution >= 0.6 is 0 Å². The number of benzene rings is 2. The van der Waals surface area contributed by atoms with E-state index in [2.05, 4.69) is 69.6 Å². The maximum absolute atomic E-state index is 5.77. The van der Waals surface area contributed by atoms with Gasteiger partial charge in [-0.05, 0) is 42.7 Å². The van der Waals surface area contributed by atoms with Gasteiger partial charge in [-0.1, -0.05) is 51.0 Å². The van der Waals surface area contributed by atoms with Crippen molar-refractivity contribution in [2.75, 3.05) is 6.61 Å². The van der Waals surface area contributed by atoms with E-state index in [1.807, 2.05) is 12.3 Å². The standard InChI is InChI=1S/C25H29N2O.Ir/c1-16(2)21-13-18(5)14-22(17(3)4)24(21)27-11-10-26-25(27)20-8-9-23-19(15-20)7-6-12-28-23;/h9-11,13-17H,6-7,12H2,1-5H3;/q-1;.